The third kappa shape index (κ3) is 34.2. The third-order valence-electron chi connectivity index (χ3n) is 12.3. The Kier molecular flexibility index (Phi) is 41.9. The summed E-state index contributed by atoms with van der Waals surface area (Å²) in [5, 5.41) is 54.0. The van der Waals surface area contributed by atoms with Gasteiger partial charge in [0.1, 0.15) is 24.4 Å². The molecule has 1 rings (SSSR count). The average Bonchev–Trinajstić information content (AvgIpc) is 3.29. The van der Waals surface area contributed by atoms with Crippen molar-refractivity contribution in [2.75, 3.05) is 13.2 Å². The molecule has 7 atom stereocenters. The molecule has 1 fully saturated rings. The number of carbonyl (C=O) groups excluding carboxylic acids is 1. The fraction of sp³-hybridized carbons (Fsp3) is 0.800. The first-order valence-corrected chi connectivity index (χ1v) is 26.5. The van der Waals surface area contributed by atoms with Gasteiger partial charge in [-0.15, -0.1) is 0 Å². The zero-order valence-electron chi connectivity index (χ0n) is 41.0. The highest BCUT2D eigenvalue weighted by atomic mass is 16.7. The lowest BCUT2D eigenvalue weighted by Crippen LogP contribution is -2.60. The van der Waals surface area contributed by atoms with Crippen molar-refractivity contribution < 1.29 is 39.8 Å². The van der Waals surface area contributed by atoms with E-state index >= 15 is 0 Å². The van der Waals surface area contributed by atoms with Crippen LogP contribution in [0.5, 0.6) is 0 Å². The van der Waals surface area contributed by atoms with E-state index in [1.807, 2.05) is 6.08 Å². The van der Waals surface area contributed by atoms with Gasteiger partial charge in [-0.3, -0.25) is 4.79 Å². The van der Waals surface area contributed by atoms with Crippen LogP contribution >= 0.6 is 0 Å². The third-order valence-corrected chi connectivity index (χ3v) is 12.3. The molecule has 1 aliphatic heterocycles. The summed E-state index contributed by atoms with van der Waals surface area (Å²) in [6.45, 7) is 3.67. The lowest BCUT2D eigenvalue weighted by atomic mass is 9.99. The number of aliphatic hydroxyl groups is 5. The standard InChI is InChI=1S/C55H99NO8/c1-3-5-7-9-11-13-14-15-16-17-18-19-20-21-22-23-24-25-26-27-28-29-30-31-32-33-34-35-36-37-39-41-43-45-51(59)56-48(49(58)44-42-40-38-12-10-8-6-4-2)47-63-55-54(62)53(61)52(60)50(46-57)64-55/h10,12,14-15,17-18,20-21,42,44,48-50,52-55,57-58,60-62H,3-9,11,13,16,19,22-41,43,45-47H2,1-2H3,(H,56,59)/b12-10+,15-14-,18-17-,21-20-,44-42+. The van der Waals surface area contributed by atoms with Crippen molar-refractivity contribution >= 4 is 5.91 Å². The molecule has 0 spiro atoms. The van der Waals surface area contributed by atoms with E-state index in [1.165, 1.54) is 148 Å². The van der Waals surface area contributed by atoms with Crippen LogP contribution in [0.3, 0.4) is 0 Å². The van der Waals surface area contributed by atoms with Crippen molar-refractivity contribution in [3.63, 3.8) is 0 Å². The molecule has 1 heterocycles. The van der Waals surface area contributed by atoms with Crippen LogP contribution in [0.2, 0.25) is 0 Å². The summed E-state index contributed by atoms with van der Waals surface area (Å²) in [5.41, 5.74) is 0. The number of carbonyl (C=O) groups is 1. The normalized spacial score (nSPS) is 20.5. The highest BCUT2D eigenvalue weighted by Gasteiger charge is 2.44. The van der Waals surface area contributed by atoms with Crippen LogP contribution < -0.4 is 5.32 Å². The number of rotatable bonds is 44. The highest BCUT2D eigenvalue weighted by molar-refractivity contribution is 5.76. The summed E-state index contributed by atoms with van der Waals surface area (Å²) >= 11 is 0. The summed E-state index contributed by atoms with van der Waals surface area (Å²) in [6, 6.07) is -0.819. The molecule has 0 aromatic carbocycles. The van der Waals surface area contributed by atoms with Crippen molar-refractivity contribution in [3.8, 4) is 0 Å². The number of aliphatic hydroxyl groups excluding tert-OH is 5. The lowest BCUT2D eigenvalue weighted by molar-refractivity contribution is -0.302. The van der Waals surface area contributed by atoms with Gasteiger partial charge < -0.3 is 40.3 Å². The maximum atomic E-state index is 12.9. The zero-order valence-corrected chi connectivity index (χ0v) is 41.0. The Morgan fingerprint density at radius 1 is 0.531 bits per heavy atom. The molecular weight excluding hydrogens is 803 g/mol. The van der Waals surface area contributed by atoms with Gasteiger partial charge in [0.25, 0.3) is 0 Å². The molecule has 0 aromatic heterocycles. The molecule has 64 heavy (non-hydrogen) atoms. The lowest BCUT2D eigenvalue weighted by Gasteiger charge is -2.40. The zero-order chi connectivity index (χ0) is 46.6. The Morgan fingerprint density at radius 2 is 0.953 bits per heavy atom. The molecule has 6 N–H and O–H groups in total. The average molecular weight is 902 g/mol. The summed E-state index contributed by atoms with van der Waals surface area (Å²) in [7, 11) is 0. The maximum absolute atomic E-state index is 12.9. The van der Waals surface area contributed by atoms with Gasteiger partial charge in [-0.25, -0.2) is 0 Å². The van der Waals surface area contributed by atoms with E-state index in [4.69, 9.17) is 9.47 Å². The first-order chi connectivity index (χ1) is 31.3. The summed E-state index contributed by atoms with van der Waals surface area (Å²) in [6.07, 6.45) is 53.2. The minimum atomic E-state index is -1.57. The predicted molar refractivity (Wildman–Crippen MR) is 267 cm³/mol. The smallest absolute Gasteiger partial charge is 0.220 e. The summed E-state index contributed by atoms with van der Waals surface area (Å²) in [5.74, 6) is -0.190. The Bertz CT molecular complexity index is 1180. The highest BCUT2D eigenvalue weighted by Crippen LogP contribution is 2.23. The van der Waals surface area contributed by atoms with Gasteiger partial charge in [0, 0.05) is 6.42 Å². The van der Waals surface area contributed by atoms with Crippen LogP contribution in [0.15, 0.2) is 60.8 Å². The van der Waals surface area contributed by atoms with E-state index in [9.17, 15) is 30.3 Å². The molecule has 0 saturated carbocycles. The fourth-order valence-corrected chi connectivity index (χ4v) is 8.05. The monoisotopic (exact) mass is 902 g/mol. The molecule has 0 aliphatic carbocycles. The molecule has 1 amide bonds. The Balaban J connectivity index is 2.08. The second-order valence-electron chi connectivity index (χ2n) is 18.3. The first-order valence-electron chi connectivity index (χ1n) is 26.5. The summed E-state index contributed by atoms with van der Waals surface area (Å²) in [4.78, 5) is 12.9. The fourth-order valence-electron chi connectivity index (χ4n) is 8.05. The van der Waals surface area contributed by atoms with E-state index in [0.717, 1.165) is 57.8 Å². The Labute approximate surface area is 392 Å². The number of hydrogen-bond donors (Lipinski definition) is 6. The topological polar surface area (TPSA) is 149 Å². The maximum Gasteiger partial charge on any atom is 0.220 e. The second kappa shape index (κ2) is 44.7. The SMILES string of the molecule is CCCC/C=C/CC/C=C/C(O)C(COC1OC(CO)C(O)C(O)C1O)NC(=O)CCCCCCCCCCCCCCCCCCCC/C=C\C/C=C\C/C=C\CCCCCCC. The minimum absolute atomic E-state index is 0.190. The van der Waals surface area contributed by atoms with Crippen LogP contribution in [0.4, 0.5) is 0 Å². The van der Waals surface area contributed by atoms with E-state index in [0.29, 0.717) is 6.42 Å². The first kappa shape index (κ1) is 59.9. The van der Waals surface area contributed by atoms with Crippen LogP contribution in [-0.2, 0) is 14.3 Å². The number of allylic oxidation sites excluding steroid dienone is 9. The van der Waals surface area contributed by atoms with Crippen LogP contribution in [0.1, 0.15) is 226 Å². The van der Waals surface area contributed by atoms with Crippen molar-refractivity contribution in [1.82, 2.24) is 5.32 Å². The van der Waals surface area contributed by atoms with Gasteiger partial charge in [-0.05, 0) is 64.2 Å². The van der Waals surface area contributed by atoms with Gasteiger partial charge in [-0.1, -0.05) is 216 Å². The quantitative estimate of drug-likeness (QED) is 0.0262. The molecule has 0 radical (unpaired) electrons. The van der Waals surface area contributed by atoms with Gasteiger partial charge in [0.2, 0.25) is 5.91 Å². The van der Waals surface area contributed by atoms with Crippen LogP contribution in [-0.4, -0.2) is 87.5 Å². The molecular formula is C55H99NO8. The van der Waals surface area contributed by atoms with Gasteiger partial charge >= 0.3 is 0 Å². The van der Waals surface area contributed by atoms with Crippen molar-refractivity contribution in [2.45, 2.75) is 269 Å². The number of nitrogens with one attached hydrogen (secondary N) is 1. The molecule has 9 heteroatoms. The number of unbranched alkanes of at least 4 members (excludes halogenated alkanes) is 26. The van der Waals surface area contributed by atoms with Gasteiger partial charge in [0.05, 0.1) is 25.4 Å². The largest absolute Gasteiger partial charge is 0.394 e. The van der Waals surface area contributed by atoms with Crippen molar-refractivity contribution in [1.29, 1.82) is 0 Å². The molecule has 372 valence electrons. The number of hydrogen-bond acceptors (Lipinski definition) is 8. The van der Waals surface area contributed by atoms with Crippen LogP contribution in [0, 0.1) is 0 Å². The van der Waals surface area contributed by atoms with E-state index in [-0.39, 0.29) is 12.5 Å². The molecule has 1 aliphatic rings. The predicted octanol–water partition coefficient (Wildman–Crippen LogP) is 12.3. The molecule has 0 aromatic rings. The van der Waals surface area contributed by atoms with Gasteiger partial charge in [0.15, 0.2) is 6.29 Å². The molecule has 7 unspecified atom stereocenters. The van der Waals surface area contributed by atoms with E-state index in [1.54, 1.807) is 6.08 Å². The van der Waals surface area contributed by atoms with Crippen LogP contribution in [0.25, 0.3) is 0 Å². The van der Waals surface area contributed by atoms with E-state index in [2.05, 4.69) is 67.8 Å². The number of ether oxygens (including phenoxy) is 2. The molecule has 1 saturated heterocycles. The van der Waals surface area contributed by atoms with E-state index < -0.39 is 49.5 Å². The van der Waals surface area contributed by atoms with Crippen molar-refractivity contribution in [3.05, 3.63) is 60.8 Å². The second-order valence-corrected chi connectivity index (χ2v) is 18.3. The minimum Gasteiger partial charge on any atom is -0.394 e. The van der Waals surface area contributed by atoms with Crippen molar-refractivity contribution in [2.24, 2.45) is 0 Å². The Hall–Kier alpha value is -2.11. The van der Waals surface area contributed by atoms with Gasteiger partial charge in [-0.2, -0.15) is 0 Å². The molecule has 0 bridgehead atoms. The number of amides is 1. The Morgan fingerprint density at radius 3 is 1.47 bits per heavy atom. The molecule has 9 nitrogen and oxygen atoms in total. The summed E-state index contributed by atoms with van der Waals surface area (Å²) < 4.78 is 11.2.